The van der Waals surface area contributed by atoms with E-state index in [1.165, 1.54) is 0 Å². The Morgan fingerprint density at radius 2 is 1.72 bits per heavy atom. The van der Waals surface area contributed by atoms with Gasteiger partial charge in [0.05, 0.1) is 29.9 Å². The van der Waals surface area contributed by atoms with E-state index in [-0.39, 0.29) is 11.8 Å². The van der Waals surface area contributed by atoms with E-state index in [4.69, 9.17) is 14.7 Å². The van der Waals surface area contributed by atoms with Crippen LogP contribution in [-0.2, 0) is 0 Å². The van der Waals surface area contributed by atoms with Crippen molar-refractivity contribution in [1.29, 1.82) is 0 Å². The highest BCUT2D eigenvalue weighted by molar-refractivity contribution is 5.97. The fourth-order valence-corrected chi connectivity index (χ4v) is 4.80. The number of methoxy groups -OCH3 is 1. The van der Waals surface area contributed by atoms with Crippen LogP contribution in [0, 0.1) is 0 Å². The molecule has 1 aliphatic rings. The maximum Gasteiger partial charge on any atom is 0.257 e. The molecule has 4 aromatic rings. The number of rotatable bonds is 7. The average Bonchev–Trinajstić information content (AvgIpc) is 3.37. The van der Waals surface area contributed by atoms with Crippen molar-refractivity contribution in [2.24, 2.45) is 0 Å². The van der Waals surface area contributed by atoms with Crippen molar-refractivity contribution in [3.63, 3.8) is 0 Å². The zero-order valence-electron chi connectivity index (χ0n) is 21.1. The lowest BCUT2D eigenvalue weighted by Crippen LogP contribution is -2.49. The Hall–Kier alpha value is -3.94. The molecular formula is C28H32N6O2. The Morgan fingerprint density at radius 3 is 2.44 bits per heavy atom. The Labute approximate surface area is 211 Å². The Morgan fingerprint density at radius 1 is 1.00 bits per heavy atom. The average molecular weight is 485 g/mol. The lowest BCUT2D eigenvalue weighted by atomic mass is 10.1. The summed E-state index contributed by atoms with van der Waals surface area (Å²) in [5.74, 6) is 2.57. The first-order valence-corrected chi connectivity index (χ1v) is 12.6. The molecule has 3 heterocycles. The van der Waals surface area contributed by atoms with E-state index < -0.39 is 0 Å². The van der Waals surface area contributed by atoms with Gasteiger partial charge in [-0.05, 0) is 30.7 Å². The first-order valence-electron chi connectivity index (χ1n) is 12.6. The number of piperazine rings is 1. The third-order valence-electron chi connectivity index (χ3n) is 6.79. The van der Waals surface area contributed by atoms with Gasteiger partial charge in [0, 0.05) is 32.1 Å². The van der Waals surface area contributed by atoms with Crippen LogP contribution < -0.4 is 9.64 Å². The number of carbonyl (C=O) groups is 1. The van der Waals surface area contributed by atoms with Crippen molar-refractivity contribution in [1.82, 2.24) is 24.6 Å². The number of fused-ring (bicyclic) bond motifs is 1. The van der Waals surface area contributed by atoms with Gasteiger partial charge in [-0.1, -0.05) is 50.6 Å². The Kier molecular flexibility index (Phi) is 6.84. The maximum atomic E-state index is 13.2. The van der Waals surface area contributed by atoms with Gasteiger partial charge in [-0.2, -0.15) is 5.10 Å². The molecule has 1 amide bonds. The standard InChI is InChI=1S/C28H32N6O2/c1-4-10-20(2)25-30-26(23-19-29-34(27(23)31-25)21-11-6-5-7-12-21)32-15-17-33(18-16-32)28(35)22-13-8-9-14-24(22)36-3/h5-9,11-14,19-20H,4,10,15-18H2,1-3H3/t20-/m0/s1. The quantitative estimate of drug-likeness (QED) is 0.379. The summed E-state index contributed by atoms with van der Waals surface area (Å²) in [7, 11) is 1.59. The van der Waals surface area contributed by atoms with E-state index in [1.807, 2.05) is 70.4 Å². The lowest BCUT2D eigenvalue weighted by Gasteiger charge is -2.36. The number of ether oxygens (including phenoxy) is 1. The number of hydrogen-bond acceptors (Lipinski definition) is 6. The van der Waals surface area contributed by atoms with Crippen molar-refractivity contribution < 1.29 is 9.53 Å². The molecule has 2 aromatic carbocycles. The van der Waals surface area contributed by atoms with Gasteiger partial charge in [-0.15, -0.1) is 0 Å². The number of aromatic nitrogens is 4. The molecule has 1 atom stereocenters. The van der Waals surface area contributed by atoms with Gasteiger partial charge in [0.1, 0.15) is 17.4 Å². The van der Waals surface area contributed by atoms with E-state index in [2.05, 4.69) is 23.8 Å². The number of carbonyl (C=O) groups excluding carboxylic acids is 1. The highest BCUT2D eigenvalue weighted by Gasteiger charge is 2.27. The SMILES string of the molecule is CCC[C@H](C)c1nc(N2CCN(C(=O)c3ccccc3OC)CC2)c2cnn(-c3ccccc3)c2n1. The van der Waals surface area contributed by atoms with Crippen LogP contribution in [0.15, 0.2) is 60.8 Å². The molecule has 0 bridgehead atoms. The number of para-hydroxylation sites is 2. The van der Waals surface area contributed by atoms with Crippen molar-refractivity contribution in [2.45, 2.75) is 32.6 Å². The zero-order valence-corrected chi connectivity index (χ0v) is 21.1. The van der Waals surface area contributed by atoms with Gasteiger partial charge in [-0.3, -0.25) is 4.79 Å². The monoisotopic (exact) mass is 484 g/mol. The fraction of sp³-hybridized carbons (Fsp3) is 0.357. The smallest absolute Gasteiger partial charge is 0.257 e. The molecule has 0 aliphatic carbocycles. The molecule has 186 valence electrons. The summed E-state index contributed by atoms with van der Waals surface area (Å²) in [6, 6.07) is 17.5. The van der Waals surface area contributed by atoms with Crippen LogP contribution in [0.5, 0.6) is 5.75 Å². The highest BCUT2D eigenvalue weighted by Crippen LogP contribution is 2.30. The van der Waals surface area contributed by atoms with Crippen LogP contribution >= 0.6 is 0 Å². The molecular weight excluding hydrogens is 452 g/mol. The third-order valence-corrected chi connectivity index (χ3v) is 6.79. The van der Waals surface area contributed by atoms with Gasteiger partial charge in [0.25, 0.3) is 5.91 Å². The fourth-order valence-electron chi connectivity index (χ4n) is 4.80. The van der Waals surface area contributed by atoms with Crippen LogP contribution in [0.1, 0.15) is 48.8 Å². The number of anilines is 1. The summed E-state index contributed by atoms with van der Waals surface area (Å²) >= 11 is 0. The first kappa shape index (κ1) is 23.8. The maximum absolute atomic E-state index is 13.2. The topological polar surface area (TPSA) is 76.4 Å². The summed E-state index contributed by atoms with van der Waals surface area (Å²) in [6.07, 6.45) is 3.95. The molecule has 8 heteroatoms. The lowest BCUT2D eigenvalue weighted by molar-refractivity contribution is 0.0743. The van der Waals surface area contributed by atoms with Crippen molar-refractivity contribution in [3.05, 3.63) is 72.2 Å². The van der Waals surface area contributed by atoms with Gasteiger partial charge >= 0.3 is 0 Å². The summed E-state index contributed by atoms with van der Waals surface area (Å²) in [4.78, 5) is 27.4. The molecule has 2 aromatic heterocycles. The third kappa shape index (κ3) is 4.51. The predicted octanol–water partition coefficient (Wildman–Crippen LogP) is 4.69. The molecule has 0 N–H and O–H groups in total. The molecule has 5 rings (SSSR count). The largest absolute Gasteiger partial charge is 0.496 e. The van der Waals surface area contributed by atoms with Crippen LogP contribution in [0.4, 0.5) is 5.82 Å². The van der Waals surface area contributed by atoms with Gasteiger partial charge in [0.15, 0.2) is 5.65 Å². The number of nitrogens with zero attached hydrogens (tertiary/aromatic N) is 6. The highest BCUT2D eigenvalue weighted by atomic mass is 16.5. The van der Waals surface area contributed by atoms with Crippen molar-refractivity contribution in [2.75, 3.05) is 38.2 Å². The second-order valence-corrected chi connectivity index (χ2v) is 9.20. The number of benzene rings is 2. The second-order valence-electron chi connectivity index (χ2n) is 9.20. The summed E-state index contributed by atoms with van der Waals surface area (Å²) in [5, 5.41) is 5.61. The zero-order chi connectivity index (χ0) is 25.1. The number of hydrogen-bond donors (Lipinski definition) is 0. The van der Waals surface area contributed by atoms with Gasteiger partial charge in [0.2, 0.25) is 0 Å². The van der Waals surface area contributed by atoms with Crippen molar-refractivity contribution in [3.8, 4) is 11.4 Å². The molecule has 8 nitrogen and oxygen atoms in total. The molecule has 0 unspecified atom stereocenters. The van der Waals surface area contributed by atoms with E-state index >= 15 is 0 Å². The van der Waals surface area contributed by atoms with Gasteiger partial charge < -0.3 is 14.5 Å². The van der Waals surface area contributed by atoms with E-state index in [1.54, 1.807) is 7.11 Å². The summed E-state index contributed by atoms with van der Waals surface area (Å²) in [6.45, 7) is 6.95. The van der Waals surface area contributed by atoms with Crippen LogP contribution in [0.3, 0.4) is 0 Å². The molecule has 0 spiro atoms. The Balaban J connectivity index is 1.45. The van der Waals surface area contributed by atoms with Crippen molar-refractivity contribution >= 4 is 22.8 Å². The minimum atomic E-state index is -0.00547. The normalized spacial score (nSPS) is 14.8. The minimum Gasteiger partial charge on any atom is -0.496 e. The number of amides is 1. The molecule has 1 saturated heterocycles. The van der Waals surface area contributed by atoms with E-state index in [0.717, 1.165) is 41.2 Å². The summed E-state index contributed by atoms with van der Waals surface area (Å²) in [5.41, 5.74) is 2.38. The van der Waals surface area contributed by atoms with Crippen LogP contribution in [-0.4, -0.2) is 63.8 Å². The van der Waals surface area contributed by atoms with E-state index in [0.29, 0.717) is 37.5 Å². The Bertz CT molecular complexity index is 1340. The van der Waals surface area contributed by atoms with Crippen LogP contribution in [0.25, 0.3) is 16.7 Å². The predicted molar refractivity (Wildman–Crippen MR) is 141 cm³/mol. The molecule has 0 radical (unpaired) electrons. The molecule has 1 aliphatic heterocycles. The molecule has 0 saturated carbocycles. The van der Waals surface area contributed by atoms with Crippen LogP contribution in [0.2, 0.25) is 0 Å². The second kappa shape index (κ2) is 10.4. The molecule has 36 heavy (non-hydrogen) atoms. The van der Waals surface area contributed by atoms with E-state index in [9.17, 15) is 4.79 Å². The minimum absolute atomic E-state index is 0.00547. The molecule has 1 fully saturated rings. The summed E-state index contributed by atoms with van der Waals surface area (Å²) < 4.78 is 7.30. The first-order chi connectivity index (χ1) is 17.6. The van der Waals surface area contributed by atoms with Gasteiger partial charge in [-0.25, -0.2) is 14.6 Å².